The molecular formula is C23H23N3OS. The van der Waals surface area contributed by atoms with Crippen LogP contribution in [0.2, 0.25) is 0 Å². The number of carbonyl (C=O) groups is 1. The van der Waals surface area contributed by atoms with E-state index >= 15 is 0 Å². The van der Waals surface area contributed by atoms with E-state index in [1.807, 2.05) is 34.2 Å². The number of nitrogens with one attached hydrogen (secondary N) is 1. The lowest BCUT2D eigenvalue weighted by Gasteiger charge is -2.07. The summed E-state index contributed by atoms with van der Waals surface area (Å²) >= 11 is 1.57. The minimum atomic E-state index is 0.0179. The standard InChI is InChI=1S/C23H23N3OS/c1-15-8-9-18(10-17(15)3)21-13-26-20(14-28-23(26)25-21)11-22(27)24-12-19-7-5-4-6-16(19)2/h4-10,13-14H,11-12H2,1-3H3,(H,24,27). The van der Waals surface area contributed by atoms with Crippen molar-refractivity contribution in [3.8, 4) is 11.3 Å². The quantitative estimate of drug-likeness (QED) is 0.530. The molecule has 142 valence electrons. The number of carbonyl (C=O) groups excluding carboxylic acids is 1. The molecule has 1 amide bonds. The molecule has 4 nitrogen and oxygen atoms in total. The Morgan fingerprint density at radius 1 is 1.07 bits per heavy atom. The number of aromatic nitrogens is 2. The lowest BCUT2D eigenvalue weighted by atomic mass is 10.0. The summed E-state index contributed by atoms with van der Waals surface area (Å²) in [5.74, 6) is 0.0179. The molecule has 0 radical (unpaired) electrons. The summed E-state index contributed by atoms with van der Waals surface area (Å²) in [6.45, 7) is 6.83. The van der Waals surface area contributed by atoms with Crippen molar-refractivity contribution in [2.45, 2.75) is 33.7 Å². The zero-order valence-corrected chi connectivity index (χ0v) is 17.1. The third-order valence-corrected chi connectivity index (χ3v) is 6.05. The fourth-order valence-electron chi connectivity index (χ4n) is 3.23. The van der Waals surface area contributed by atoms with Crippen molar-refractivity contribution < 1.29 is 4.79 Å². The molecule has 28 heavy (non-hydrogen) atoms. The molecule has 0 aliphatic carbocycles. The van der Waals surface area contributed by atoms with Gasteiger partial charge >= 0.3 is 0 Å². The van der Waals surface area contributed by atoms with Crippen molar-refractivity contribution in [2.75, 3.05) is 0 Å². The van der Waals surface area contributed by atoms with Crippen molar-refractivity contribution in [3.63, 3.8) is 0 Å². The topological polar surface area (TPSA) is 46.4 Å². The SMILES string of the molecule is Cc1ccc(-c2cn3c(CC(=O)NCc4ccccc4C)csc3n2)cc1C. The summed E-state index contributed by atoms with van der Waals surface area (Å²) in [5.41, 5.74) is 7.87. The minimum Gasteiger partial charge on any atom is -0.352 e. The number of rotatable bonds is 5. The molecule has 2 heterocycles. The van der Waals surface area contributed by atoms with E-state index in [-0.39, 0.29) is 5.91 Å². The molecule has 0 fully saturated rings. The van der Waals surface area contributed by atoms with Gasteiger partial charge in [0.05, 0.1) is 12.1 Å². The van der Waals surface area contributed by atoms with Crippen molar-refractivity contribution in [1.29, 1.82) is 0 Å². The Bertz CT molecular complexity index is 1160. The smallest absolute Gasteiger partial charge is 0.226 e. The van der Waals surface area contributed by atoms with E-state index in [0.717, 1.165) is 27.5 Å². The van der Waals surface area contributed by atoms with Crippen LogP contribution in [-0.2, 0) is 17.8 Å². The number of fused-ring (bicyclic) bond motifs is 1. The van der Waals surface area contributed by atoms with Gasteiger partial charge in [0.1, 0.15) is 0 Å². The van der Waals surface area contributed by atoms with Crippen LogP contribution in [0, 0.1) is 20.8 Å². The van der Waals surface area contributed by atoms with Crippen LogP contribution < -0.4 is 5.32 Å². The van der Waals surface area contributed by atoms with Gasteiger partial charge in [-0.3, -0.25) is 9.20 Å². The zero-order valence-electron chi connectivity index (χ0n) is 16.3. The Labute approximate surface area is 168 Å². The van der Waals surface area contributed by atoms with Crippen LogP contribution in [-0.4, -0.2) is 15.3 Å². The average Bonchev–Trinajstić information content (AvgIpc) is 3.25. The zero-order chi connectivity index (χ0) is 19.7. The van der Waals surface area contributed by atoms with Gasteiger partial charge in [0.2, 0.25) is 5.91 Å². The van der Waals surface area contributed by atoms with E-state index < -0.39 is 0 Å². The maximum Gasteiger partial charge on any atom is 0.226 e. The second kappa shape index (κ2) is 7.60. The third-order valence-electron chi connectivity index (χ3n) is 5.16. The van der Waals surface area contributed by atoms with Crippen LogP contribution in [0.25, 0.3) is 16.2 Å². The fourth-order valence-corrected chi connectivity index (χ4v) is 4.10. The lowest BCUT2D eigenvalue weighted by molar-refractivity contribution is -0.120. The van der Waals surface area contributed by atoms with Gasteiger partial charge in [0, 0.05) is 29.4 Å². The van der Waals surface area contributed by atoms with Gasteiger partial charge < -0.3 is 5.32 Å². The third kappa shape index (κ3) is 3.71. The molecule has 0 saturated carbocycles. The molecule has 0 aliphatic rings. The molecule has 0 atom stereocenters. The largest absolute Gasteiger partial charge is 0.352 e. The van der Waals surface area contributed by atoms with Crippen LogP contribution in [0.1, 0.15) is 27.9 Å². The van der Waals surface area contributed by atoms with Crippen molar-refractivity contribution in [2.24, 2.45) is 0 Å². The first-order valence-electron chi connectivity index (χ1n) is 9.35. The minimum absolute atomic E-state index is 0.0179. The Hall–Kier alpha value is -2.92. The van der Waals surface area contributed by atoms with E-state index in [2.05, 4.69) is 50.4 Å². The van der Waals surface area contributed by atoms with Crippen LogP contribution >= 0.6 is 11.3 Å². The van der Waals surface area contributed by atoms with Gasteiger partial charge in [0.15, 0.2) is 4.96 Å². The molecule has 4 rings (SSSR count). The summed E-state index contributed by atoms with van der Waals surface area (Å²) in [6, 6.07) is 14.5. The number of hydrogen-bond donors (Lipinski definition) is 1. The van der Waals surface area contributed by atoms with Crippen molar-refractivity contribution in [3.05, 3.63) is 82.0 Å². The normalized spacial score (nSPS) is 11.1. The van der Waals surface area contributed by atoms with Crippen molar-refractivity contribution >= 4 is 22.2 Å². The molecule has 2 aromatic heterocycles. The number of hydrogen-bond acceptors (Lipinski definition) is 3. The van der Waals surface area contributed by atoms with Crippen LogP contribution in [0.5, 0.6) is 0 Å². The highest BCUT2D eigenvalue weighted by Crippen LogP contribution is 2.25. The molecule has 0 spiro atoms. The first-order chi connectivity index (χ1) is 13.5. The second-order valence-electron chi connectivity index (χ2n) is 7.18. The Morgan fingerprint density at radius 2 is 1.89 bits per heavy atom. The Kier molecular flexibility index (Phi) is 5.01. The van der Waals surface area contributed by atoms with Crippen LogP contribution in [0.3, 0.4) is 0 Å². The summed E-state index contributed by atoms with van der Waals surface area (Å²) in [5, 5.41) is 5.04. The monoisotopic (exact) mass is 389 g/mol. The number of nitrogens with zero attached hydrogens (tertiary/aromatic N) is 2. The molecular weight excluding hydrogens is 366 g/mol. The van der Waals surface area contributed by atoms with E-state index in [9.17, 15) is 4.79 Å². The number of amides is 1. The number of benzene rings is 2. The Morgan fingerprint density at radius 3 is 2.68 bits per heavy atom. The highest BCUT2D eigenvalue weighted by atomic mass is 32.1. The Balaban J connectivity index is 1.50. The fraction of sp³-hybridized carbons (Fsp3) is 0.217. The van der Waals surface area contributed by atoms with Crippen LogP contribution in [0.4, 0.5) is 0 Å². The van der Waals surface area contributed by atoms with Crippen molar-refractivity contribution in [1.82, 2.24) is 14.7 Å². The number of aryl methyl sites for hydroxylation is 3. The number of thiazole rings is 1. The number of imidazole rings is 1. The van der Waals surface area contributed by atoms with Gasteiger partial charge in [-0.1, -0.05) is 36.4 Å². The van der Waals surface area contributed by atoms with Gasteiger partial charge in [-0.25, -0.2) is 4.98 Å². The highest BCUT2D eigenvalue weighted by Gasteiger charge is 2.13. The molecule has 4 aromatic rings. The molecule has 5 heteroatoms. The molecule has 2 aromatic carbocycles. The molecule has 0 bridgehead atoms. The predicted octanol–water partition coefficient (Wildman–Crippen LogP) is 4.85. The van der Waals surface area contributed by atoms with Gasteiger partial charge in [-0.15, -0.1) is 11.3 Å². The molecule has 0 aliphatic heterocycles. The average molecular weight is 390 g/mol. The summed E-state index contributed by atoms with van der Waals surface area (Å²) in [4.78, 5) is 18.1. The summed E-state index contributed by atoms with van der Waals surface area (Å²) in [7, 11) is 0. The molecule has 0 saturated heterocycles. The first kappa shape index (κ1) is 18.4. The summed E-state index contributed by atoms with van der Waals surface area (Å²) < 4.78 is 2.03. The maximum atomic E-state index is 12.5. The van der Waals surface area contributed by atoms with E-state index in [4.69, 9.17) is 4.98 Å². The van der Waals surface area contributed by atoms with Gasteiger partial charge in [-0.2, -0.15) is 0 Å². The van der Waals surface area contributed by atoms with Gasteiger partial charge in [0.25, 0.3) is 0 Å². The van der Waals surface area contributed by atoms with E-state index in [1.54, 1.807) is 11.3 Å². The molecule has 1 N–H and O–H groups in total. The lowest BCUT2D eigenvalue weighted by Crippen LogP contribution is -2.25. The van der Waals surface area contributed by atoms with Crippen LogP contribution in [0.15, 0.2) is 54.0 Å². The first-order valence-corrected chi connectivity index (χ1v) is 10.2. The molecule has 0 unspecified atom stereocenters. The van der Waals surface area contributed by atoms with Gasteiger partial charge in [-0.05, 0) is 49.1 Å². The van der Waals surface area contributed by atoms with E-state index in [0.29, 0.717) is 13.0 Å². The van der Waals surface area contributed by atoms with E-state index in [1.165, 1.54) is 16.7 Å². The predicted molar refractivity (Wildman–Crippen MR) is 115 cm³/mol. The maximum absolute atomic E-state index is 12.5. The second-order valence-corrected chi connectivity index (χ2v) is 8.02. The highest BCUT2D eigenvalue weighted by molar-refractivity contribution is 7.15. The summed E-state index contributed by atoms with van der Waals surface area (Å²) in [6.07, 6.45) is 2.37.